The van der Waals surface area contributed by atoms with Crippen molar-refractivity contribution in [1.29, 1.82) is 0 Å². The van der Waals surface area contributed by atoms with Crippen molar-refractivity contribution in [3.63, 3.8) is 0 Å². The number of carbonyl (C=O) groups is 1. The molecule has 0 aliphatic heterocycles. The van der Waals surface area contributed by atoms with E-state index in [2.05, 4.69) is 5.32 Å². The van der Waals surface area contributed by atoms with Crippen LogP contribution < -0.4 is 10.1 Å². The van der Waals surface area contributed by atoms with Crippen molar-refractivity contribution in [2.75, 3.05) is 18.9 Å². The van der Waals surface area contributed by atoms with E-state index in [0.717, 1.165) is 0 Å². The first-order valence-electron chi connectivity index (χ1n) is 6.84. The number of nitrogens with one attached hydrogen (secondary N) is 1. The molecule has 8 heteroatoms. The van der Waals surface area contributed by atoms with Crippen LogP contribution in [0, 0.1) is 0 Å². The zero-order valence-corrected chi connectivity index (χ0v) is 14.6. The first kappa shape index (κ1) is 17.8. The van der Waals surface area contributed by atoms with Gasteiger partial charge in [-0.2, -0.15) is 0 Å². The van der Waals surface area contributed by atoms with Crippen molar-refractivity contribution in [2.24, 2.45) is 0 Å². The van der Waals surface area contributed by atoms with E-state index in [1.165, 1.54) is 11.3 Å². The number of sulfone groups is 1. The second kappa shape index (κ2) is 8.33. The lowest BCUT2D eigenvalue weighted by Gasteiger charge is -2.08. The van der Waals surface area contributed by atoms with Gasteiger partial charge < -0.3 is 10.1 Å². The number of thiophene rings is 1. The summed E-state index contributed by atoms with van der Waals surface area (Å²) in [4.78, 5) is 12.3. The predicted octanol–water partition coefficient (Wildman–Crippen LogP) is 2.51. The third kappa shape index (κ3) is 6.60. The Morgan fingerprint density at radius 1 is 1.17 bits per heavy atom. The van der Waals surface area contributed by atoms with Crippen LogP contribution in [0.4, 0.5) is 0 Å². The molecule has 124 valence electrons. The van der Waals surface area contributed by atoms with Gasteiger partial charge in [-0.3, -0.25) is 4.79 Å². The Hall–Kier alpha value is -1.57. The summed E-state index contributed by atoms with van der Waals surface area (Å²) in [7, 11) is -3.51. The van der Waals surface area contributed by atoms with Gasteiger partial charge in [0.15, 0.2) is 9.84 Å². The van der Waals surface area contributed by atoms with Crippen molar-refractivity contribution in [1.82, 2.24) is 5.32 Å². The van der Waals surface area contributed by atoms with Crippen LogP contribution in [0.25, 0.3) is 0 Å². The molecule has 5 nitrogen and oxygen atoms in total. The van der Waals surface area contributed by atoms with Gasteiger partial charge in [-0.05, 0) is 24.3 Å². The van der Waals surface area contributed by atoms with Crippen LogP contribution >= 0.6 is 22.9 Å². The van der Waals surface area contributed by atoms with Crippen molar-refractivity contribution >= 4 is 38.7 Å². The Kier molecular flexibility index (Phi) is 6.44. The van der Waals surface area contributed by atoms with Crippen molar-refractivity contribution in [3.05, 3.63) is 51.7 Å². The van der Waals surface area contributed by atoms with Gasteiger partial charge in [0.25, 0.3) is 0 Å². The molecule has 0 radical (unpaired) electrons. The Morgan fingerprint density at radius 3 is 2.57 bits per heavy atom. The minimum Gasteiger partial charge on any atom is -0.492 e. The molecule has 2 aromatic rings. The number of rotatable bonds is 8. The van der Waals surface area contributed by atoms with Crippen LogP contribution in [0.3, 0.4) is 0 Å². The molecule has 0 fully saturated rings. The number of benzene rings is 1. The molecule has 1 amide bonds. The second-order valence-electron chi connectivity index (χ2n) is 4.75. The van der Waals surface area contributed by atoms with Gasteiger partial charge in [0.2, 0.25) is 5.91 Å². The zero-order chi connectivity index (χ0) is 16.7. The molecule has 2 rings (SSSR count). The third-order valence-electron chi connectivity index (χ3n) is 2.78. The van der Waals surface area contributed by atoms with Gasteiger partial charge in [0.05, 0.1) is 16.6 Å². The van der Waals surface area contributed by atoms with Crippen molar-refractivity contribution in [2.45, 2.75) is 5.75 Å². The van der Waals surface area contributed by atoms with E-state index in [0.29, 0.717) is 15.0 Å². The van der Waals surface area contributed by atoms with Crippen LogP contribution in [0.15, 0.2) is 42.5 Å². The topological polar surface area (TPSA) is 72.5 Å². The highest BCUT2D eigenvalue weighted by molar-refractivity contribution is 7.91. The highest BCUT2D eigenvalue weighted by atomic mass is 35.5. The van der Waals surface area contributed by atoms with Crippen LogP contribution in [0.5, 0.6) is 5.75 Å². The lowest BCUT2D eigenvalue weighted by Crippen LogP contribution is -2.33. The van der Waals surface area contributed by atoms with Gasteiger partial charge in [-0.25, -0.2) is 8.42 Å². The fourth-order valence-electron chi connectivity index (χ4n) is 1.82. The molecular weight excluding hydrogens is 358 g/mol. The van der Waals surface area contributed by atoms with Crippen LogP contribution in [0.2, 0.25) is 4.34 Å². The minimum atomic E-state index is -3.51. The standard InChI is InChI=1S/C15H16ClNO4S2/c16-14-7-6-13(22-14)10-23(19,20)11-15(18)17-8-9-21-12-4-2-1-3-5-12/h1-7H,8-11H2,(H,17,18). The molecule has 1 aromatic carbocycles. The number of amides is 1. The van der Waals surface area contributed by atoms with E-state index in [9.17, 15) is 13.2 Å². The lowest BCUT2D eigenvalue weighted by molar-refractivity contribution is -0.118. The highest BCUT2D eigenvalue weighted by Gasteiger charge is 2.18. The molecule has 0 aliphatic rings. The Balaban J connectivity index is 1.71. The van der Waals surface area contributed by atoms with Crippen LogP contribution in [0.1, 0.15) is 4.88 Å². The fraction of sp³-hybridized carbons (Fsp3) is 0.267. The quantitative estimate of drug-likeness (QED) is 0.721. The zero-order valence-electron chi connectivity index (χ0n) is 12.2. The Bertz CT molecular complexity index is 744. The van der Waals surface area contributed by atoms with E-state index < -0.39 is 21.5 Å². The summed E-state index contributed by atoms with van der Waals surface area (Å²) >= 11 is 6.96. The molecule has 0 unspecified atom stereocenters. The summed E-state index contributed by atoms with van der Waals surface area (Å²) < 4.78 is 29.8. The summed E-state index contributed by atoms with van der Waals surface area (Å²) in [5, 5.41) is 2.53. The number of hydrogen-bond donors (Lipinski definition) is 1. The van der Waals surface area contributed by atoms with Gasteiger partial charge in [-0.15, -0.1) is 11.3 Å². The van der Waals surface area contributed by atoms with Crippen LogP contribution in [-0.4, -0.2) is 33.2 Å². The summed E-state index contributed by atoms with van der Waals surface area (Å²) in [6.45, 7) is 0.518. The maximum Gasteiger partial charge on any atom is 0.235 e. The average Bonchev–Trinajstić information content (AvgIpc) is 2.88. The molecule has 1 N–H and O–H groups in total. The number of carbonyl (C=O) groups excluding carboxylic acids is 1. The molecule has 23 heavy (non-hydrogen) atoms. The lowest BCUT2D eigenvalue weighted by atomic mass is 10.3. The Labute approximate surface area is 144 Å². The molecule has 0 atom stereocenters. The predicted molar refractivity (Wildman–Crippen MR) is 91.8 cm³/mol. The summed E-state index contributed by atoms with van der Waals surface area (Å²) in [6, 6.07) is 12.5. The third-order valence-corrected chi connectivity index (χ3v) is 5.64. The monoisotopic (exact) mass is 373 g/mol. The van der Waals surface area contributed by atoms with E-state index in [-0.39, 0.29) is 18.9 Å². The number of para-hydroxylation sites is 1. The molecule has 0 spiro atoms. The van der Waals surface area contributed by atoms with E-state index in [1.807, 2.05) is 18.2 Å². The average molecular weight is 374 g/mol. The van der Waals surface area contributed by atoms with Crippen molar-refractivity contribution in [3.8, 4) is 5.75 Å². The van der Waals surface area contributed by atoms with Gasteiger partial charge in [-0.1, -0.05) is 29.8 Å². The van der Waals surface area contributed by atoms with Crippen LogP contribution in [-0.2, 0) is 20.4 Å². The molecule has 0 saturated carbocycles. The first-order valence-corrected chi connectivity index (χ1v) is 9.85. The van der Waals surface area contributed by atoms with E-state index >= 15 is 0 Å². The number of hydrogen-bond acceptors (Lipinski definition) is 5. The normalized spacial score (nSPS) is 11.2. The highest BCUT2D eigenvalue weighted by Crippen LogP contribution is 2.23. The molecule has 0 bridgehead atoms. The molecule has 0 saturated heterocycles. The second-order valence-corrected chi connectivity index (χ2v) is 8.61. The van der Waals surface area contributed by atoms with Crippen molar-refractivity contribution < 1.29 is 17.9 Å². The molecular formula is C15H16ClNO4S2. The number of halogens is 1. The maximum atomic E-state index is 11.9. The van der Waals surface area contributed by atoms with Gasteiger partial charge in [0.1, 0.15) is 18.1 Å². The van der Waals surface area contributed by atoms with E-state index in [1.54, 1.807) is 24.3 Å². The van der Waals surface area contributed by atoms with Gasteiger partial charge >= 0.3 is 0 Å². The summed E-state index contributed by atoms with van der Waals surface area (Å²) in [6.07, 6.45) is 0. The van der Waals surface area contributed by atoms with Gasteiger partial charge in [0, 0.05) is 4.88 Å². The van der Waals surface area contributed by atoms with E-state index in [4.69, 9.17) is 16.3 Å². The molecule has 1 aromatic heterocycles. The maximum absolute atomic E-state index is 11.9. The Morgan fingerprint density at radius 2 is 1.91 bits per heavy atom. The first-order chi connectivity index (χ1) is 10.9. The fourth-order valence-corrected chi connectivity index (χ4v) is 4.61. The molecule has 1 heterocycles. The molecule has 0 aliphatic carbocycles. The summed E-state index contributed by atoms with van der Waals surface area (Å²) in [5.74, 6) is -0.570. The largest absolute Gasteiger partial charge is 0.492 e. The summed E-state index contributed by atoms with van der Waals surface area (Å²) in [5.41, 5.74) is 0. The smallest absolute Gasteiger partial charge is 0.235 e. The number of ether oxygens (including phenoxy) is 1. The SMILES string of the molecule is O=C(CS(=O)(=O)Cc1ccc(Cl)s1)NCCOc1ccccc1. The minimum absolute atomic E-state index is 0.182.